The largest absolute Gasteiger partial charge is 0.424 e. The molecule has 0 atom stereocenters. The van der Waals surface area contributed by atoms with Gasteiger partial charge in [-0.15, -0.1) is 0 Å². The summed E-state index contributed by atoms with van der Waals surface area (Å²) < 4.78 is 5.62. The molecule has 1 saturated carbocycles. The lowest BCUT2D eigenvalue weighted by Gasteiger charge is -2.26. The van der Waals surface area contributed by atoms with Gasteiger partial charge in [0.1, 0.15) is 5.52 Å². The van der Waals surface area contributed by atoms with Crippen LogP contribution in [0.4, 0.5) is 6.01 Å². The van der Waals surface area contributed by atoms with Gasteiger partial charge in [0.15, 0.2) is 5.58 Å². The van der Waals surface area contributed by atoms with Crippen LogP contribution in [0.5, 0.6) is 0 Å². The van der Waals surface area contributed by atoms with Crippen LogP contribution in [0.2, 0.25) is 0 Å². The normalized spacial score (nSPS) is 18.6. The zero-order valence-electron chi connectivity index (χ0n) is 9.65. The first-order chi connectivity index (χ1) is 8.31. The van der Waals surface area contributed by atoms with Gasteiger partial charge in [-0.3, -0.25) is 0 Å². The molecule has 1 aliphatic carbocycles. The van der Waals surface area contributed by atoms with Crippen LogP contribution < -0.4 is 5.32 Å². The Hall–Kier alpha value is -1.55. The van der Waals surface area contributed by atoms with Gasteiger partial charge < -0.3 is 14.8 Å². The van der Waals surface area contributed by atoms with Crippen molar-refractivity contribution in [1.29, 1.82) is 0 Å². The number of aromatic nitrogens is 1. The van der Waals surface area contributed by atoms with Crippen molar-refractivity contribution >= 4 is 17.1 Å². The van der Waals surface area contributed by atoms with Crippen molar-refractivity contribution in [2.45, 2.75) is 31.2 Å². The molecule has 1 aromatic heterocycles. The zero-order valence-corrected chi connectivity index (χ0v) is 9.65. The maximum absolute atomic E-state index is 9.52. The predicted molar refractivity (Wildman–Crippen MR) is 65.9 cm³/mol. The molecular weight excluding hydrogens is 216 g/mol. The van der Waals surface area contributed by atoms with Crippen LogP contribution in [0.15, 0.2) is 28.7 Å². The fourth-order valence-corrected chi connectivity index (χ4v) is 2.53. The Kier molecular flexibility index (Phi) is 2.52. The molecule has 0 spiro atoms. The molecule has 0 amide bonds. The first-order valence-electron chi connectivity index (χ1n) is 6.06. The van der Waals surface area contributed by atoms with Crippen molar-refractivity contribution in [1.82, 2.24) is 4.98 Å². The van der Waals surface area contributed by atoms with E-state index in [-0.39, 0.29) is 12.1 Å². The summed E-state index contributed by atoms with van der Waals surface area (Å²) in [6.45, 7) is 0.131. The van der Waals surface area contributed by atoms with Gasteiger partial charge in [-0.05, 0) is 25.0 Å². The van der Waals surface area contributed by atoms with E-state index in [1.807, 2.05) is 24.3 Å². The number of nitrogens with one attached hydrogen (secondary N) is 1. The monoisotopic (exact) mass is 232 g/mol. The minimum Gasteiger partial charge on any atom is -0.424 e. The summed E-state index contributed by atoms with van der Waals surface area (Å²) in [5.74, 6) is 0. The van der Waals surface area contributed by atoms with E-state index in [2.05, 4.69) is 10.3 Å². The topological polar surface area (TPSA) is 58.3 Å². The summed E-state index contributed by atoms with van der Waals surface area (Å²) >= 11 is 0. The molecule has 1 heterocycles. The molecule has 0 bridgehead atoms. The molecule has 0 aliphatic heterocycles. The van der Waals surface area contributed by atoms with Crippen molar-refractivity contribution in [2.75, 3.05) is 11.9 Å². The van der Waals surface area contributed by atoms with Crippen molar-refractivity contribution in [3.8, 4) is 0 Å². The lowest BCUT2D eigenvalue weighted by molar-refractivity contribution is 0.211. The average Bonchev–Trinajstić information content (AvgIpc) is 2.95. The number of benzene rings is 1. The van der Waals surface area contributed by atoms with Gasteiger partial charge in [0.25, 0.3) is 6.01 Å². The van der Waals surface area contributed by atoms with Crippen LogP contribution in [-0.4, -0.2) is 22.2 Å². The third kappa shape index (κ3) is 1.89. The van der Waals surface area contributed by atoms with E-state index in [9.17, 15) is 5.11 Å². The Morgan fingerprint density at radius 2 is 2.06 bits per heavy atom. The Balaban J connectivity index is 1.89. The van der Waals surface area contributed by atoms with Crippen molar-refractivity contribution in [3.63, 3.8) is 0 Å². The second-order valence-electron chi connectivity index (χ2n) is 4.76. The van der Waals surface area contributed by atoms with Gasteiger partial charge in [-0.1, -0.05) is 25.0 Å². The molecule has 0 saturated heterocycles. The summed E-state index contributed by atoms with van der Waals surface area (Å²) in [7, 11) is 0. The SMILES string of the molecule is OCC1(Nc2nc3ccccc3o2)CCCC1. The fraction of sp³-hybridized carbons (Fsp3) is 0.462. The maximum atomic E-state index is 9.52. The highest BCUT2D eigenvalue weighted by Crippen LogP contribution is 2.33. The Morgan fingerprint density at radius 3 is 2.76 bits per heavy atom. The standard InChI is InChI=1S/C13H16N2O2/c16-9-13(7-3-4-8-13)15-12-14-10-5-1-2-6-11(10)17-12/h1-2,5-6,16H,3-4,7-9H2,(H,14,15). The molecule has 0 unspecified atom stereocenters. The Labute approximate surface area is 99.7 Å². The number of aliphatic hydroxyl groups is 1. The maximum Gasteiger partial charge on any atom is 0.296 e. The molecule has 1 aromatic carbocycles. The number of nitrogens with zero attached hydrogens (tertiary/aromatic N) is 1. The number of anilines is 1. The Morgan fingerprint density at radius 1 is 1.29 bits per heavy atom. The fourth-order valence-electron chi connectivity index (χ4n) is 2.53. The molecule has 17 heavy (non-hydrogen) atoms. The van der Waals surface area contributed by atoms with Gasteiger partial charge in [0.2, 0.25) is 0 Å². The average molecular weight is 232 g/mol. The van der Waals surface area contributed by atoms with Gasteiger partial charge >= 0.3 is 0 Å². The molecular formula is C13H16N2O2. The van der Waals surface area contributed by atoms with Gasteiger partial charge in [0, 0.05) is 0 Å². The van der Waals surface area contributed by atoms with E-state index in [1.54, 1.807) is 0 Å². The van der Waals surface area contributed by atoms with Crippen LogP contribution in [0.3, 0.4) is 0 Å². The highest BCUT2D eigenvalue weighted by Gasteiger charge is 2.34. The molecule has 3 rings (SSSR count). The quantitative estimate of drug-likeness (QED) is 0.853. The second-order valence-corrected chi connectivity index (χ2v) is 4.76. The molecule has 2 aromatic rings. The number of rotatable bonds is 3. The molecule has 90 valence electrons. The molecule has 2 N–H and O–H groups in total. The zero-order chi connectivity index (χ0) is 11.7. The minimum atomic E-state index is -0.235. The van der Waals surface area contributed by atoms with Crippen molar-refractivity contribution in [2.24, 2.45) is 0 Å². The number of para-hydroxylation sites is 2. The third-order valence-corrected chi connectivity index (χ3v) is 3.53. The van der Waals surface area contributed by atoms with E-state index in [0.29, 0.717) is 6.01 Å². The van der Waals surface area contributed by atoms with Crippen molar-refractivity contribution < 1.29 is 9.52 Å². The van der Waals surface area contributed by atoms with E-state index in [1.165, 1.54) is 0 Å². The summed E-state index contributed by atoms with van der Waals surface area (Å²) in [6, 6.07) is 8.20. The number of hydrogen-bond donors (Lipinski definition) is 2. The van der Waals surface area contributed by atoms with Crippen LogP contribution in [0.1, 0.15) is 25.7 Å². The number of hydrogen-bond acceptors (Lipinski definition) is 4. The summed E-state index contributed by atoms with van der Waals surface area (Å²) in [6.07, 6.45) is 4.24. The molecule has 4 heteroatoms. The first kappa shape index (κ1) is 10.6. The number of aliphatic hydroxyl groups excluding tert-OH is 1. The molecule has 4 nitrogen and oxygen atoms in total. The van der Waals surface area contributed by atoms with Gasteiger partial charge in [-0.25, -0.2) is 0 Å². The molecule has 1 fully saturated rings. The van der Waals surface area contributed by atoms with Crippen LogP contribution in [-0.2, 0) is 0 Å². The lowest BCUT2D eigenvalue weighted by atomic mass is 9.99. The van der Waals surface area contributed by atoms with Gasteiger partial charge in [0.05, 0.1) is 12.1 Å². The first-order valence-corrected chi connectivity index (χ1v) is 6.06. The smallest absolute Gasteiger partial charge is 0.296 e. The highest BCUT2D eigenvalue weighted by molar-refractivity contribution is 5.74. The van der Waals surface area contributed by atoms with Crippen LogP contribution in [0, 0.1) is 0 Å². The third-order valence-electron chi connectivity index (χ3n) is 3.53. The Bertz CT molecular complexity index is 482. The van der Waals surface area contributed by atoms with E-state index in [0.717, 1.165) is 36.8 Å². The van der Waals surface area contributed by atoms with Crippen LogP contribution >= 0.6 is 0 Å². The van der Waals surface area contributed by atoms with Gasteiger partial charge in [-0.2, -0.15) is 4.98 Å². The number of oxazole rings is 1. The highest BCUT2D eigenvalue weighted by atomic mass is 16.4. The number of fused-ring (bicyclic) bond motifs is 1. The van der Waals surface area contributed by atoms with Crippen molar-refractivity contribution in [3.05, 3.63) is 24.3 Å². The molecule has 0 radical (unpaired) electrons. The van der Waals surface area contributed by atoms with E-state index in [4.69, 9.17) is 4.42 Å². The summed E-state index contributed by atoms with van der Waals surface area (Å²) in [5, 5.41) is 12.8. The molecule has 1 aliphatic rings. The summed E-state index contributed by atoms with van der Waals surface area (Å²) in [5.41, 5.74) is 1.39. The van der Waals surface area contributed by atoms with Crippen LogP contribution in [0.25, 0.3) is 11.1 Å². The van der Waals surface area contributed by atoms with E-state index < -0.39 is 0 Å². The predicted octanol–water partition coefficient (Wildman–Crippen LogP) is 2.54. The minimum absolute atomic E-state index is 0.131. The second kappa shape index (κ2) is 4.04. The summed E-state index contributed by atoms with van der Waals surface area (Å²) in [4.78, 5) is 4.38. The van der Waals surface area contributed by atoms with E-state index >= 15 is 0 Å². The lowest BCUT2D eigenvalue weighted by Crippen LogP contribution is -2.39.